The highest BCUT2D eigenvalue weighted by Gasteiger charge is 2.09. The van der Waals surface area contributed by atoms with Gasteiger partial charge in [-0.3, -0.25) is 4.68 Å². The molecule has 0 amide bonds. The van der Waals surface area contributed by atoms with E-state index in [0.29, 0.717) is 24.9 Å². The van der Waals surface area contributed by atoms with E-state index in [1.807, 2.05) is 37.0 Å². The van der Waals surface area contributed by atoms with Crippen molar-refractivity contribution in [3.63, 3.8) is 0 Å². The average Bonchev–Trinajstić information content (AvgIpc) is 3.20. The van der Waals surface area contributed by atoms with Crippen molar-refractivity contribution in [1.82, 2.24) is 20.0 Å². The summed E-state index contributed by atoms with van der Waals surface area (Å²) in [5.41, 5.74) is 3.37. The normalized spacial score (nSPS) is 11.1. The van der Waals surface area contributed by atoms with Crippen LogP contribution in [0.25, 0.3) is 10.8 Å². The minimum absolute atomic E-state index is 0.430. The third-order valence-electron chi connectivity index (χ3n) is 4.40. The van der Waals surface area contributed by atoms with Crippen molar-refractivity contribution >= 4 is 16.8 Å². The van der Waals surface area contributed by atoms with Gasteiger partial charge in [0.05, 0.1) is 12.6 Å². The fraction of sp³-hybridized carbons (Fsp3) is 0.211. The van der Waals surface area contributed by atoms with Crippen molar-refractivity contribution in [2.45, 2.75) is 19.9 Å². The number of aryl methyl sites for hydroxylation is 1. The van der Waals surface area contributed by atoms with E-state index in [0.717, 1.165) is 16.8 Å². The van der Waals surface area contributed by atoms with E-state index in [4.69, 9.17) is 4.42 Å². The van der Waals surface area contributed by atoms with Crippen LogP contribution in [0.3, 0.4) is 0 Å². The number of anilines is 1. The van der Waals surface area contributed by atoms with Crippen molar-refractivity contribution in [2.24, 2.45) is 7.05 Å². The van der Waals surface area contributed by atoms with E-state index in [2.05, 4.69) is 50.9 Å². The molecule has 2 aromatic heterocycles. The minimum atomic E-state index is 0.430. The van der Waals surface area contributed by atoms with E-state index in [9.17, 15) is 0 Å². The summed E-state index contributed by atoms with van der Waals surface area (Å²) in [4.78, 5) is 0. The number of rotatable bonds is 5. The third kappa shape index (κ3) is 3.24. The first-order chi connectivity index (χ1) is 12.2. The van der Waals surface area contributed by atoms with Gasteiger partial charge < -0.3 is 9.73 Å². The standard InChI is InChI=1S/C19H19N5O/c1-13-17(12-21-24(13)2)11-20-19-23-22-18(25-19)10-14-7-8-15-5-3-4-6-16(15)9-14/h3-9,12H,10-11H2,1-2H3,(H,20,23). The zero-order valence-corrected chi connectivity index (χ0v) is 14.2. The van der Waals surface area contributed by atoms with E-state index in [1.54, 1.807) is 0 Å². The Morgan fingerprint density at radius 3 is 2.72 bits per heavy atom. The highest BCUT2D eigenvalue weighted by Crippen LogP contribution is 2.18. The number of aromatic nitrogens is 4. The number of hydrogen-bond acceptors (Lipinski definition) is 5. The zero-order chi connectivity index (χ0) is 17.2. The molecule has 0 aliphatic rings. The molecule has 0 radical (unpaired) electrons. The predicted molar refractivity (Wildman–Crippen MR) is 96.3 cm³/mol. The quantitative estimate of drug-likeness (QED) is 0.606. The van der Waals surface area contributed by atoms with Crippen LogP contribution >= 0.6 is 0 Å². The number of nitrogens with one attached hydrogen (secondary N) is 1. The van der Waals surface area contributed by atoms with Gasteiger partial charge in [-0.05, 0) is 23.3 Å². The van der Waals surface area contributed by atoms with Crippen LogP contribution in [-0.2, 0) is 20.0 Å². The maximum atomic E-state index is 5.71. The first kappa shape index (κ1) is 15.4. The SMILES string of the molecule is Cc1c(CNc2nnc(Cc3ccc4ccccc4c3)o2)cnn1C. The fourth-order valence-electron chi connectivity index (χ4n) is 2.81. The molecule has 126 valence electrons. The molecule has 4 aromatic rings. The molecule has 0 saturated carbocycles. The largest absolute Gasteiger partial charge is 0.408 e. The Morgan fingerprint density at radius 1 is 1.08 bits per heavy atom. The molecule has 0 unspecified atom stereocenters. The summed E-state index contributed by atoms with van der Waals surface area (Å²) < 4.78 is 7.55. The molecular weight excluding hydrogens is 314 g/mol. The van der Waals surface area contributed by atoms with Gasteiger partial charge in [0.15, 0.2) is 0 Å². The van der Waals surface area contributed by atoms with Crippen LogP contribution in [0.5, 0.6) is 0 Å². The van der Waals surface area contributed by atoms with Gasteiger partial charge in [0.2, 0.25) is 5.89 Å². The molecule has 1 N–H and O–H groups in total. The molecule has 0 atom stereocenters. The van der Waals surface area contributed by atoms with Gasteiger partial charge in [-0.1, -0.05) is 47.6 Å². The summed E-state index contributed by atoms with van der Waals surface area (Å²) in [5.74, 6) is 0.598. The lowest BCUT2D eigenvalue weighted by atomic mass is 10.1. The smallest absolute Gasteiger partial charge is 0.315 e. The van der Waals surface area contributed by atoms with E-state index < -0.39 is 0 Å². The van der Waals surface area contributed by atoms with Crippen molar-refractivity contribution in [3.05, 3.63) is 71.4 Å². The summed E-state index contributed by atoms with van der Waals surface area (Å²) in [7, 11) is 1.92. The molecule has 2 heterocycles. The van der Waals surface area contributed by atoms with Crippen molar-refractivity contribution in [1.29, 1.82) is 0 Å². The summed E-state index contributed by atoms with van der Waals surface area (Å²) in [5, 5.41) is 18.0. The number of nitrogens with zero attached hydrogens (tertiary/aromatic N) is 4. The molecule has 4 rings (SSSR count). The monoisotopic (exact) mass is 333 g/mol. The van der Waals surface area contributed by atoms with Gasteiger partial charge >= 0.3 is 6.01 Å². The molecular formula is C19H19N5O. The van der Waals surface area contributed by atoms with Crippen molar-refractivity contribution in [3.8, 4) is 0 Å². The Hall–Kier alpha value is -3.15. The number of hydrogen-bond donors (Lipinski definition) is 1. The second-order valence-corrected chi connectivity index (χ2v) is 6.09. The average molecular weight is 333 g/mol. The second kappa shape index (κ2) is 6.39. The highest BCUT2D eigenvalue weighted by molar-refractivity contribution is 5.83. The van der Waals surface area contributed by atoms with Gasteiger partial charge in [-0.25, -0.2) is 0 Å². The Balaban J connectivity index is 1.44. The molecule has 0 aliphatic carbocycles. The lowest BCUT2D eigenvalue weighted by molar-refractivity contribution is 0.516. The molecule has 0 spiro atoms. The fourth-order valence-corrected chi connectivity index (χ4v) is 2.81. The van der Waals surface area contributed by atoms with E-state index in [1.165, 1.54) is 10.8 Å². The first-order valence-corrected chi connectivity index (χ1v) is 8.20. The van der Waals surface area contributed by atoms with Crippen LogP contribution in [0.1, 0.15) is 22.7 Å². The molecule has 25 heavy (non-hydrogen) atoms. The molecule has 0 aliphatic heterocycles. The van der Waals surface area contributed by atoms with Crippen LogP contribution in [0.2, 0.25) is 0 Å². The summed E-state index contributed by atoms with van der Waals surface area (Å²) in [6, 6.07) is 15.1. The maximum Gasteiger partial charge on any atom is 0.315 e. The van der Waals surface area contributed by atoms with Gasteiger partial charge in [0.25, 0.3) is 0 Å². The first-order valence-electron chi connectivity index (χ1n) is 8.20. The van der Waals surface area contributed by atoms with E-state index >= 15 is 0 Å². The maximum absolute atomic E-state index is 5.71. The van der Waals surface area contributed by atoms with Gasteiger partial charge in [-0.15, -0.1) is 5.10 Å². The van der Waals surface area contributed by atoms with Crippen LogP contribution in [0.15, 0.2) is 53.1 Å². The second-order valence-electron chi connectivity index (χ2n) is 6.09. The molecule has 0 saturated heterocycles. The predicted octanol–water partition coefficient (Wildman–Crippen LogP) is 3.47. The molecule has 6 heteroatoms. The van der Waals surface area contributed by atoms with Gasteiger partial charge in [0.1, 0.15) is 0 Å². The lowest BCUT2D eigenvalue weighted by Gasteiger charge is -2.02. The molecule has 0 fully saturated rings. The summed E-state index contributed by atoms with van der Waals surface area (Å²) in [6.45, 7) is 2.64. The van der Waals surface area contributed by atoms with Crippen molar-refractivity contribution in [2.75, 3.05) is 5.32 Å². The summed E-state index contributed by atoms with van der Waals surface area (Å²) in [6.07, 6.45) is 2.46. The molecule has 0 bridgehead atoms. The number of fused-ring (bicyclic) bond motifs is 1. The Kier molecular flexibility index (Phi) is 3.93. The van der Waals surface area contributed by atoms with Crippen LogP contribution in [0.4, 0.5) is 6.01 Å². The molecule has 6 nitrogen and oxygen atoms in total. The lowest BCUT2D eigenvalue weighted by Crippen LogP contribution is -2.01. The minimum Gasteiger partial charge on any atom is -0.408 e. The highest BCUT2D eigenvalue weighted by atomic mass is 16.4. The Labute approximate surface area is 145 Å². The molecule has 2 aromatic carbocycles. The van der Waals surface area contributed by atoms with Gasteiger partial charge in [-0.2, -0.15) is 5.10 Å². The van der Waals surface area contributed by atoms with Crippen molar-refractivity contribution < 1.29 is 4.42 Å². The third-order valence-corrected chi connectivity index (χ3v) is 4.40. The van der Waals surface area contributed by atoms with Crippen LogP contribution < -0.4 is 5.32 Å². The Bertz CT molecular complexity index is 1020. The van der Waals surface area contributed by atoms with E-state index in [-0.39, 0.29) is 0 Å². The van der Waals surface area contributed by atoms with Crippen LogP contribution in [0, 0.1) is 6.92 Å². The summed E-state index contributed by atoms with van der Waals surface area (Å²) >= 11 is 0. The zero-order valence-electron chi connectivity index (χ0n) is 14.2. The Morgan fingerprint density at radius 2 is 1.92 bits per heavy atom. The van der Waals surface area contributed by atoms with Crippen LogP contribution in [-0.4, -0.2) is 20.0 Å². The van der Waals surface area contributed by atoms with Gasteiger partial charge in [0, 0.05) is 24.8 Å². The topological polar surface area (TPSA) is 68.8 Å². The number of benzene rings is 2.